The predicted molar refractivity (Wildman–Crippen MR) is 84.6 cm³/mol. The molecule has 0 spiro atoms. The number of esters is 1. The summed E-state index contributed by atoms with van der Waals surface area (Å²) >= 11 is 0. The fourth-order valence-corrected chi connectivity index (χ4v) is 2.72. The van der Waals surface area contributed by atoms with Gasteiger partial charge in [-0.2, -0.15) is 0 Å². The highest BCUT2D eigenvalue weighted by Gasteiger charge is 2.28. The quantitative estimate of drug-likeness (QED) is 0.804. The molecule has 1 saturated heterocycles. The summed E-state index contributed by atoms with van der Waals surface area (Å²) in [5.74, 6) is 0.306. The molecule has 0 bridgehead atoms. The van der Waals surface area contributed by atoms with Crippen LogP contribution in [0.25, 0.3) is 0 Å². The van der Waals surface area contributed by atoms with Gasteiger partial charge >= 0.3 is 12.1 Å². The predicted octanol–water partition coefficient (Wildman–Crippen LogP) is 2.03. The maximum absolute atomic E-state index is 11.8. The first-order chi connectivity index (χ1) is 10.2. The second-order valence-corrected chi connectivity index (χ2v) is 7.06. The maximum atomic E-state index is 11.8. The van der Waals surface area contributed by atoms with Crippen LogP contribution in [-0.4, -0.2) is 56.4 Å². The second-order valence-electron chi connectivity index (χ2n) is 7.06. The lowest BCUT2D eigenvalue weighted by atomic mass is 9.85. The second kappa shape index (κ2) is 8.36. The minimum atomic E-state index is -0.501. The van der Waals surface area contributed by atoms with Gasteiger partial charge in [0, 0.05) is 13.0 Å². The van der Waals surface area contributed by atoms with E-state index in [1.165, 1.54) is 7.11 Å². The fraction of sp³-hybridized carbons (Fsp3) is 0.875. The van der Waals surface area contributed by atoms with Crippen molar-refractivity contribution in [2.75, 3.05) is 33.8 Å². The average Bonchev–Trinajstić information content (AvgIpc) is 2.57. The number of alkyl carbamates (subject to hydrolysis) is 1. The molecule has 1 aliphatic heterocycles. The number of nitrogens with zero attached hydrogens (tertiary/aromatic N) is 1. The van der Waals surface area contributed by atoms with Crippen molar-refractivity contribution in [1.82, 2.24) is 10.2 Å². The van der Waals surface area contributed by atoms with Crippen LogP contribution in [0.5, 0.6) is 0 Å². The monoisotopic (exact) mass is 314 g/mol. The van der Waals surface area contributed by atoms with Crippen LogP contribution in [-0.2, 0) is 14.3 Å². The van der Waals surface area contributed by atoms with Crippen molar-refractivity contribution in [3.05, 3.63) is 0 Å². The van der Waals surface area contributed by atoms with E-state index in [4.69, 9.17) is 9.47 Å². The highest BCUT2D eigenvalue weighted by molar-refractivity contribution is 5.69. The highest BCUT2D eigenvalue weighted by Crippen LogP contribution is 2.26. The molecule has 2 atom stereocenters. The molecular weight excluding hydrogens is 284 g/mol. The van der Waals surface area contributed by atoms with Gasteiger partial charge in [0.25, 0.3) is 0 Å². The number of methoxy groups -OCH3 is 1. The molecule has 1 N–H and O–H groups in total. The normalized spacial score (nSPS) is 23.5. The summed E-state index contributed by atoms with van der Waals surface area (Å²) in [6.45, 7) is 7.99. The summed E-state index contributed by atoms with van der Waals surface area (Å²) < 4.78 is 10.1. The number of carbonyl (C=O) groups is 2. The van der Waals surface area contributed by atoms with Gasteiger partial charge in [0.15, 0.2) is 0 Å². The molecule has 1 rings (SSSR count). The molecule has 0 saturated carbocycles. The Labute approximate surface area is 133 Å². The fourth-order valence-electron chi connectivity index (χ4n) is 2.72. The largest absolute Gasteiger partial charge is 0.469 e. The van der Waals surface area contributed by atoms with Crippen LogP contribution in [0, 0.1) is 11.8 Å². The number of carbonyl (C=O) groups excluding carboxylic acids is 2. The summed E-state index contributed by atoms with van der Waals surface area (Å²) in [5.41, 5.74) is -0.501. The molecule has 1 amide bonds. The van der Waals surface area contributed by atoms with Gasteiger partial charge < -0.3 is 19.7 Å². The van der Waals surface area contributed by atoms with Gasteiger partial charge in [0.2, 0.25) is 0 Å². The van der Waals surface area contributed by atoms with Crippen molar-refractivity contribution in [2.45, 2.75) is 45.6 Å². The third-order valence-corrected chi connectivity index (χ3v) is 3.99. The number of rotatable bonds is 4. The van der Waals surface area contributed by atoms with Gasteiger partial charge in [-0.1, -0.05) is 0 Å². The molecule has 0 aromatic rings. The van der Waals surface area contributed by atoms with Crippen molar-refractivity contribution >= 4 is 12.1 Å². The molecule has 22 heavy (non-hydrogen) atoms. The SMILES string of the molecule is COC(=O)CC1CCN(C)CCC1CNC(=O)OC(C)(C)C. The Balaban J connectivity index is 2.57. The molecule has 1 aliphatic rings. The Morgan fingerprint density at radius 3 is 2.32 bits per heavy atom. The molecule has 0 aromatic carbocycles. The van der Waals surface area contributed by atoms with Crippen LogP contribution >= 0.6 is 0 Å². The van der Waals surface area contributed by atoms with E-state index in [9.17, 15) is 9.59 Å². The van der Waals surface area contributed by atoms with Crippen LogP contribution in [0.1, 0.15) is 40.0 Å². The Hall–Kier alpha value is -1.30. The Bertz CT molecular complexity index is 379. The first-order valence-electron chi connectivity index (χ1n) is 7.93. The van der Waals surface area contributed by atoms with Crippen LogP contribution < -0.4 is 5.32 Å². The molecule has 1 heterocycles. The summed E-state index contributed by atoms with van der Waals surface area (Å²) in [6.07, 6.45) is 1.90. The summed E-state index contributed by atoms with van der Waals surface area (Å²) in [6, 6.07) is 0. The maximum Gasteiger partial charge on any atom is 0.407 e. The van der Waals surface area contributed by atoms with Gasteiger partial charge in [-0.15, -0.1) is 0 Å². The number of hydrogen-bond donors (Lipinski definition) is 1. The zero-order chi connectivity index (χ0) is 16.8. The molecule has 1 fully saturated rings. The third kappa shape index (κ3) is 7.11. The molecule has 0 radical (unpaired) electrons. The lowest BCUT2D eigenvalue weighted by molar-refractivity contribution is -0.142. The van der Waals surface area contributed by atoms with Crippen LogP contribution in [0.15, 0.2) is 0 Å². The first-order valence-corrected chi connectivity index (χ1v) is 7.93. The average molecular weight is 314 g/mol. The number of ether oxygens (including phenoxy) is 2. The van der Waals surface area contributed by atoms with Gasteiger partial charge in [-0.25, -0.2) is 4.79 Å². The molecular formula is C16H30N2O4. The number of likely N-dealkylation sites (tertiary alicyclic amines) is 1. The topological polar surface area (TPSA) is 67.9 Å². The number of nitrogens with one attached hydrogen (secondary N) is 1. The van der Waals surface area contributed by atoms with E-state index < -0.39 is 11.7 Å². The van der Waals surface area contributed by atoms with Gasteiger partial charge in [0.05, 0.1) is 7.11 Å². The van der Waals surface area contributed by atoms with E-state index in [1.54, 1.807) is 0 Å². The van der Waals surface area contributed by atoms with Crippen molar-refractivity contribution < 1.29 is 19.1 Å². The van der Waals surface area contributed by atoms with E-state index in [1.807, 2.05) is 20.8 Å². The molecule has 0 aromatic heterocycles. The zero-order valence-corrected chi connectivity index (χ0v) is 14.5. The summed E-state index contributed by atoms with van der Waals surface area (Å²) in [5, 5.41) is 2.84. The number of hydrogen-bond acceptors (Lipinski definition) is 5. The Kier molecular flexibility index (Phi) is 7.13. The van der Waals surface area contributed by atoms with E-state index in [2.05, 4.69) is 17.3 Å². The smallest absolute Gasteiger partial charge is 0.407 e. The lowest BCUT2D eigenvalue weighted by Gasteiger charge is -2.25. The molecule has 0 aliphatic carbocycles. The Morgan fingerprint density at radius 2 is 1.77 bits per heavy atom. The van der Waals surface area contributed by atoms with Crippen LogP contribution in [0.3, 0.4) is 0 Å². The summed E-state index contributed by atoms with van der Waals surface area (Å²) in [7, 11) is 3.50. The molecule has 128 valence electrons. The van der Waals surface area contributed by atoms with E-state index in [-0.39, 0.29) is 17.8 Å². The van der Waals surface area contributed by atoms with Gasteiger partial charge in [-0.3, -0.25) is 4.79 Å². The van der Waals surface area contributed by atoms with Gasteiger partial charge in [0.1, 0.15) is 5.60 Å². The number of amides is 1. The minimum Gasteiger partial charge on any atom is -0.469 e. The highest BCUT2D eigenvalue weighted by atomic mass is 16.6. The van der Waals surface area contributed by atoms with Crippen molar-refractivity contribution in [2.24, 2.45) is 11.8 Å². The molecule has 6 heteroatoms. The Morgan fingerprint density at radius 1 is 1.18 bits per heavy atom. The van der Waals surface area contributed by atoms with Crippen molar-refractivity contribution in [1.29, 1.82) is 0 Å². The van der Waals surface area contributed by atoms with E-state index >= 15 is 0 Å². The van der Waals surface area contributed by atoms with Crippen molar-refractivity contribution in [3.63, 3.8) is 0 Å². The molecule has 2 unspecified atom stereocenters. The zero-order valence-electron chi connectivity index (χ0n) is 14.5. The third-order valence-electron chi connectivity index (χ3n) is 3.99. The molecule has 6 nitrogen and oxygen atoms in total. The van der Waals surface area contributed by atoms with E-state index in [0.29, 0.717) is 13.0 Å². The minimum absolute atomic E-state index is 0.183. The lowest BCUT2D eigenvalue weighted by Crippen LogP contribution is -2.37. The standard InChI is InChI=1S/C16H30N2O4/c1-16(2,3)22-15(20)17-11-13-7-9-18(4)8-6-12(13)10-14(19)21-5/h12-13H,6-11H2,1-5H3,(H,17,20). The van der Waals surface area contributed by atoms with Crippen molar-refractivity contribution in [3.8, 4) is 0 Å². The van der Waals surface area contributed by atoms with Crippen LogP contribution in [0.4, 0.5) is 4.79 Å². The van der Waals surface area contributed by atoms with E-state index in [0.717, 1.165) is 25.9 Å². The van der Waals surface area contributed by atoms with Gasteiger partial charge in [-0.05, 0) is 65.6 Å². The summed E-state index contributed by atoms with van der Waals surface area (Å²) in [4.78, 5) is 25.7. The first kappa shape index (κ1) is 18.7. The van der Waals surface area contributed by atoms with Crippen LogP contribution in [0.2, 0.25) is 0 Å².